The third kappa shape index (κ3) is 3.36. The van der Waals surface area contributed by atoms with Gasteiger partial charge in [0.05, 0.1) is 0 Å². The average Bonchev–Trinajstić information content (AvgIpc) is 2.65. The van der Waals surface area contributed by atoms with E-state index in [1.807, 2.05) is 31.2 Å². The summed E-state index contributed by atoms with van der Waals surface area (Å²) in [6.07, 6.45) is 0.433. The van der Waals surface area contributed by atoms with Crippen molar-refractivity contribution in [2.75, 3.05) is 0 Å². The molecule has 4 aromatic rings. The van der Waals surface area contributed by atoms with Crippen molar-refractivity contribution < 1.29 is 24.8 Å². The second kappa shape index (κ2) is 6.91. The van der Waals surface area contributed by atoms with Crippen LogP contribution in [-0.2, 0) is 6.42 Å². The highest BCUT2D eigenvalue weighted by Crippen LogP contribution is 2.37. The number of benzene rings is 3. The first-order valence-electron chi connectivity index (χ1n) is 8.93. The molecule has 6 nitrogen and oxygen atoms in total. The smallest absolute Gasteiger partial charge is 0.197 e. The molecule has 0 radical (unpaired) electrons. The molecule has 4 N–H and O–H groups in total. The molecule has 0 amide bonds. The SMILES string of the molecule is Cc1ccccc1Cc1cc(O)c(O)cc1-c1cc(=O)c2c(O)cc(O)cc2o1. The van der Waals surface area contributed by atoms with Gasteiger partial charge < -0.3 is 24.8 Å². The molecule has 0 spiro atoms. The number of rotatable bonds is 3. The molecule has 0 fully saturated rings. The van der Waals surface area contributed by atoms with Gasteiger partial charge in [0.25, 0.3) is 0 Å². The van der Waals surface area contributed by atoms with Crippen LogP contribution in [0.2, 0.25) is 0 Å². The van der Waals surface area contributed by atoms with Crippen LogP contribution in [0, 0.1) is 6.92 Å². The van der Waals surface area contributed by atoms with Gasteiger partial charge in [-0.1, -0.05) is 24.3 Å². The number of aryl methyl sites for hydroxylation is 1. The summed E-state index contributed by atoms with van der Waals surface area (Å²) in [6, 6.07) is 14.0. The van der Waals surface area contributed by atoms with Crippen LogP contribution in [0.15, 0.2) is 63.8 Å². The minimum absolute atomic E-state index is 0.0133. The Labute approximate surface area is 165 Å². The van der Waals surface area contributed by atoms with E-state index < -0.39 is 5.43 Å². The molecule has 0 aliphatic rings. The third-order valence-electron chi connectivity index (χ3n) is 4.90. The van der Waals surface area contributed by atoms with Gasteiger partial charge in [-0.3, -0.25) is 4.79 Å². The molecular formula is C23H18O6. The Morgan fingerprint density at radius 2 is 1.55 bits per heavy atom. The van der Waals surface area contributed by atoms with Crippen molar-refractivity contribution in [1.82, 2.24) is 0 Å². The lowest BCUT2D eigenvalue weighted by atomic mass is 9.95. The van der Waals surface area contributed by atoms with Crippen molar-refractivity contribution in [3.05, 3.63) is 81.5 Å². The van der Waals surface area contributed by atoms with E-state index in [4.69, 9.17) is 4.42 Å². The molecule has 1 aromatic heterocycles. The quantitative estimate of drug-likeness (QED) is 0.391. The number of fused-ring (bicyclic) bond motifs is 1. The van der Waals surface area contributed by atoms with E-state index in [0.717, 1.165) is 17.2 Å². The van der Waals surface area contributed by atoms with Gasteiger partial charge in [-0.15, -0.1) is 0 Å². The maximum absolute atomic E-state index is 12.6. The first-order valence-corrected chi connectivity index (χ1v) is 8.93. The third-order valence-corrected chi connectivity index (χ3v) is 4.90. The predicted molar refractivity (Wildman–Crippen MR) is 109 cm³/mol. The number of hydrogen-bond acceptors (Lipinski definition) is 6. The Bertz CT molecular complexity index is 1300. The van der Waals surface area contributed by atoms with Gasteiger partial charge in [0.2, 0.25) is 0 Å². The van der Waals surface area contributed by atoms with Gasteiger partial charge in [0, 0.05) is 23.8 Å². The summed E-state index contributed by atoms with van der Waals surface area (Å²) in [4.78, 5) is 12.6. The van der Waals surface area contributed by atoms with Crippen molar-refractivity contribution in [2.24, 2.45) is 0 Å². The van der Waals surface area contributed by atoms with Crippen molar-refractivity contribution in [3.63, 3.8) is 0 Å². The Morgan fingerprint density at radius 3 is 2.31 bits per heavy atom. The van der Waals surface area contributed by atoms with Gasteiger partial charge in [-0.05, 0) is 42.2 Å². The average molecular weight is 390 g/mol. The van der Waals surface area contributed by atoms with Gasteiger partial charge >= 0.3 is 0 Å². The normalized spacial score (nSPS) is 11.1. The Hall–Kier alpha value is -3.93. The summed E-state index contributed by atoms with van der Waals surface area (Å²) >= 11 is 0. The zero-order valence-electron chi connectivity index (χ0n) is 15.5. The Balaban J connectivity index is 1.94. The summed E-state index contributed by atoms with van der Waals surface area (Å²) in [5.41, 5.74) is 2.65. The summed E-state index contributed by atoms with van der Waals surface area (Å²) in [7, 11) is 0. The maximum Gasteiger partial charge on any atom is 0.197 e. The highest BCUT2D eigenvalue weighted by Gasteiger charge is 2.17. The molecule has 0 saturated carbocycles. The van der Waals surface area contributed by atoms with E-state index in [2.05, 4.69) is 0 Å². The van der Waals surface area contributed by atoms with Crippen molar-refractivity contribution in [1.29, 1.82) is 0 Å². The fourth-order valence-electron chi connectivity index (χ4n) is 3.40. The lowest BCUT2D eigenvalue weighted by molar-refractivity contribution is 0.403. The minimum atomic E-state index is -0.492. The number of aromatic hydroxyl groups is 4. The highest BCUT2D eigenvalue weighted by molar-refractivity contribution is 5.86. The first kappa shape index (κ1) is 18.4. The monoisotopic (exact) mass is 390 g/mol. The number of phenols is 4. The summed E-state index contributed by atoms with van der Waals surface area (Å²) in [5, 5.41) is 39.7. The molecule has 6 heteroatoms. The predicted octanol–water partition coefficient (Wildman–Crippen LogP) is 4.18. The second-order valence-corrected chi connectivity index (χ2v) is 6.91. The van der Waals surface area contributed by atoms with E-state index in [9.17, 15) is 25.2 Å². The topological polar surface area (TPSA) is 111 Å². The van der Waals surface area contributed by atoms with Gasteiger partial charge in [-0.25, -0.2) is 0 Å². The molecule has 3 aromatic carbocycles. The van der Waals surface area contributed by atoms with Gasteiger partial charge in [0.15, 0.2) is 16.9 Å². The van der Waals surface area contributed by atoms with E-state index in [-0.39, 0.29) is 39.7 Å². The van der Waals surface area contributed by atoms with Crippen LogP contribution < -0.4 is 5.43 Å². The van der Waals surface area contributed by atoms with Crippen LogP contribution in [-0.4, -0.2) is 20.4 Å². The van der Waals surface area contributed by atoms with Crippen LogP contribution in [0.5, 0.6) is 23.0 Å². The van der Waals surface area contributed by atoms with Crippen molar-refractivity contribution in [2.45, 2.75) is 13.3 Å². The largest absolute Gasteiger partial charge is 0.508 e. The van der Waals surface area contributed by atoms with E-state index in [1.54, 1.807) is 0 Å². The van der Waals surface area contributed by atoms with Crippen LogP contribution >= 0.6 is 0 Å². The zero-order valence-corrected chi connectivity index (χ0v) is 15.5. The number of phenolic OH excluding ortho intramolecular Hbond substituents is 4. The molecule has 4 rings (SSSR count). The van der Waals surface area contributed by atoms with E-state index in [0.29, 0.717) is 17.5 Å². The van der Waals surface area contributed by atoms with Gasteiger partial charge in [-0.2, -0.15) is 0 Å². The van der Waals surface area contributed by atoms with Crippen LogP contribution in [0.1, 0.15) is 16.7 Å². The van der Waals surface area contributed by atoms with E-state index in [1.165, 1.54) is 24.3 Å². The first-order chi connectivity index (χ1) is 13.8. The van der Waals surface area contributed by atoms with Crippen LogP contribution in [0.4, 0.5) is 0 Å². The van der Waals surface area contributed by atoms with Crippen molar-refractivity contribution >= 4 is 11.0 Å². The Kier molecular flexibility index (Phi) is 4.39. The summed E-state index contributed by atoms with van der Waals surface area (Å²) < 4.78 is 5.78. The molecule has 0 bridgehead atoms. The molecule has 29 heavy (non-hydrogen) atoms. The lowest BCUT2D eigenvalue weighted by Crippen LogP contribution is -2.02. The maximum atomic E-state index is 12.6. The minimum Gasteiger partial charge on any atom is -0.508 e. The molecule has 1 heterocycles. The molecule has 0 atom stereocenters. The Morgan fingerprint density at radius 1 is 0.828 bits per heavy atom. The lowest BCUT2D eigenvalue weighted by Gasteiger charge is -2.13. The van der Waals surface area contributed by atoms with Gasteiger partial charge in [0.1, 0.15) is 28.2 Å². The molecule has 0 saturated heterocycles. The highest BCUT2D eigenvalue weighted by atomic mass is 16.3. The van der Waals surface area contributed by atoms with Crippen molar-refractivity contribution in [3.8, 4) is 34.3 Å². The summed E-state index contributed by atoms with van der Waals surface area (Å²) in [5.74, 6) is -1.12. The molecule has 0 aliphatic carbocycles. The standard InChI is InChI=1S/C23H18O6/c1-12-4-2-3-5-13(12)6-14-7-17(25)18(26)10-16(14)21-11-20(28)23-19(27)8-15(24)9-22(23)29-21/h2-5,7-11,24-27H,6H2,1H3. The second-order valence-electron chi connectivity index (χ2n) is 6.91. The fraction of sp³-hybridized carbons (Fsp3) is 0.0870. The zero-order chi connectivity index (χ0) is 20.7. The summed E-state index contributed by atoms with van der Waals surface area (Å²) in [6.45, 7) is 1.97. The van der Waals surface area contributed by atoms with E-state index >= 15 is 0 Å². The molecule has 146 valence electrons. The van der Waals surface area contributed by atoms with Crippen LogP contribution in [0.3, 0.4) is 0 Å². The molecular weight excluding hydrogens is 372 g/mol. The molecule has 0 unspecified atom stereocenters. The molecule has 0 aliphatic heterocycles. The van der Waals surface area contributed by atoms with Crippen LogP contribution in [0.25, 0.3) is 22.3 Å². The number of hydrogen-bond donors (Lipinski definition) is 4. The fourth-order valence-corrected chi connectivity index (χ4v) is 3.40.